The van der Waals surface area contributed by atoms with E-state index in [2.05, 4.69) is 10.6 Å². The topological polar surface area (TPSA) is 93.7 Å². The summed E-state index contributed by atoms with van der Waals surface area (Å²) in [5.74, 6) is -0.690. The van der Waals surface area contributed by atoms with Gasteiger partial charge in [-0.2, -0.15) is 0 Å². The molecule has 3 rings (SSSR count). The van der Waals surface area contributed by atoms with E-state index in [1.165, 1.54) is 6.08 Å². The molecule has 7 heteroatoms. The van der Waals surface area contributed by atoms with Crippen molar-refractivity contribution in [1.82, 2.24) is 0 Å². The lowest BCUT2D eigenvalue weighted by molar-refractivity contribution is -0.142. The van der Waals surface area contributed by atoms with Crippen molar-refractivity contribution in [2.24, 2.45) is 0 Å². The highest BCUT2D eigenvalue weighted by atomic mass is 16.5. The largest absolute Gasteiger partial charge is 0.497 e. The molecule has 162 valence electrons. The Hall–Kier alpha value is -4.39. The molecule has 0 spiro atoms. The van der Waals surface area contributed by atoms with Crippen LogP contribution in [0.3, 0.4) is 0 Å². The molecule has 0 aliphatic carbocycles. The number of carbonyl (C=O) groups is 3. The summed E-state index contributed by atoms with van der Waals surface area (Å²) in [5.41, 5.74) is 2.39. The Morgan fingerprint density at radius 2 is 1.44 bits per heavy atom. The summed E-state index contributed by atoms with van der Waals surface area (Å²) < 4.78 is 10.0. The fraction of sp³-hybridized carbons (Fsp3) is 0.0800. The number of anilines is 2. The summed E-state index contributed by atoms with van der Waals surface area (Å²) in [6.45, 7) is -0.419. The van der Waals surface area contributed by atoms with Gasteiger partial charge in [0.25, 0.3) is 11.8 Å². The van der Waals surface area contributed by atoms with Crippen LogP contribution >= 0.6 is 0 Å². The fourth-order valence-electron chi connectivity index (χ4n) is 2.69. The first kappa shape index (κ1) is 22.3. The second-order valence-corrected chi connectivity index (χ2v) is 6.66. The van der Waals surface area contributed by atoms with E-state index in [-0.39, 0.29) is 5.91 Å². The van der Waals surface area contributed by atoms with E-state index in [1.807, 2.05) is 30.3 Å². The van der Waals surface area contributed by atoms with Gasteiger partial charge in [0, 0.05) is 23.0 Å². The molecule has 0 aliphatic heterocycles. The number of hydrogen-bond acceptors (Lipinski definition) is 5. The Balaban J connectivity index is 1.45. The third kappa shape index (κ3) is 6.84. The van der Waals surface area contributed by atoms with Crippen molar-refractivity contribution in [3.63, 3.8) is 0 Å². The number of rotatable bonds is 8. The maximum Gasteiger partial charge on any atom is 0.331 e. The van der Waals surface area contributed by atoms with Crippen LogP contribution in [0.15, 0.2) is 84.9 Å². The first-order valence-electron chi connectivity index (χ1n) is 9.79. The molecular weight excluding hydrogens is 408 g/mol. The van der Waals surface area contributed by atoms with Gasteiger partial charge in [-0.3, -0.25) is 9.59 Å². The first-order chi connectivity index (χ1) is 15.5. The molecule has 0 saturated carbocycles. The van der Waals surface area contributed by atoms with Crippen molar-refractivity contribution < 1.29 is 23.9 Å². The van der Waals surface area contributed by atoms with E-state index in [4.69, 9.17) is 9.47 Å². The molecule has 0 fully saturated rings. The van der Waals surface area contributed by atoms with Crippen LogP contribution in [-0.2, 0) is 14.3 Å². The Labute approximate surface area is 185 Å². The fourth-order valence-corrected chi connectivity index (χ4v) is 2.69. The molecule has 0 radical (unpaired) electrons. The van der Waals surface area contributed by atoms with Crippen LogP contribution in [0.2, 0.25) is 0 Å². The standard InChI is InChI=1S/C25H22N2O5/c1-31-22-14-12-21(13-15-22)27-25(30)19-8-10-20(11-9-19)26-23(28)17-32-24(29)16-7-18-5-3-2-4-6-18/h2-16H,17H2,1H3,(H,26,28)(H,27,30). The minimum Gasteiger partial charge on any atom is -0.497 e. The van der Waals surface area contributed by atoms with Gasteiger partial charge in [0.1, 0.15) is 5.75 Å². The summed E-state index contributed by atoms with van der Waals surface area (Å²) in [7, 11) is 1.57. The summed E-state index contributed by atoms with van der Waals surface area (Å²) in [6.07, 6.45) is 2.87. The lowest BCUT2D eigenvalue weighted by Gasteiger charge is -2.08. The van der Waals surface area contributed by atoms with Crippen LogP contribution in [0.25, 0.3) is 6.08 Å². The second kappa shape index (κ2) is 11.1. The highest BCUT2D eigenvalue weighted by molar-refractivity contribution is 6.04. The second-order valence-electron chi connectivity index (χ2n) is 6.66. The number of ether oxygens (including phenoxy) is 2. The Bertz CT molecular complexity index is 1090. The molecule has 2 N–H and O–H groups in total. The summed E-state index contributed by atoms with van der Waals surface area (Å²) in [4.78, 5) is 36.1. The van der Waals surface area contributed by atoms with Crippen LogP contribution in [0.1, 0.15) is 15.9 Å². The van der Waals surface area contributed by atoms with Crippen LogP contribution in [0, 0.1) is 0 Å². The predicted molar refractivity (Wildman–Crippen MR) is 122 cm³/mol. The van der Waals surface area contributed by atoms with E-state index in [0.29, 0.717) is 22.7 Å². The van der Waals surface area contributed by atoms with Crippen molar-refractivity contribution in [3.05, 3.63) is 96.1 Å². The quantitative estimate of drug-likeness (QED) is 0.414. The van der Waals surface area contributed by atoms with Crippen molar-refractivity contribution in [2.45, 2.75) is 0 Å². The molecule has 7 nitrogen and oxygen atoms in total. The molecule has 2 amide bonds. The third-order valence-electron chi connectivity index (χ3n) is 4.34. The monoisotopic (exact) mass is 430 g/mol. The zero-order chi connectivity index (χ0) is 22.8. The zero-order valence-corrected chi connectivity index (χ0v) is 17.4. The highest BCUT2D eigenvalue weighted by Gasteiger charge is 2.09. The molecule has 0 atom stereocenters. The minimum atomic E-state index is -0.616. The molecule has 0 heterocycles. The molecule has 0 bridgehead atoms. The zero-order valence-electron chi connectivity index (χ0n) is 17.4. The number of esters is 1. The number of nitrogens with one attached hydrogen (secondary N) is 2. The average molecular weight is 430 g/mol. The molecule has 3 aromatic rings. The van der Waals surface area contributed by atoms with Gasteiger partial charge in [-0.05, 0) is 60.2 Å². The maximum atomic E-state index is 12.3. The van der Waals surface area contributed by atoms with Crippen LogP contribution in [0.5, 0.6) is 5.75 Å². The smallest absolute Gasteiger partial charge is 0.331 e. The van der Waals surface area contributed by atoms with Crippen molar-refractivity contribution in [2.75, 3.05) is 24.4 Å². The summed E-state index contributed by atoms with van der Waals surface area (Å²) in [6, 6.07) is 22.6. The molecular formula is C25H22N2O5. The number of hydrogen-bond donors (Lipinski definition) is 2. The molecule has 3 aromatic carbocycles. The molecule has 0 unspecified atom stereocenters. The third-order valence-corrected chi connectivity index (χ3v) is 4.34. The number of benzene rings is 3. The lowest BCUT2D eigenvalue weighted by Crippen LogP contribution is -2.20. The molecule has 0 aliphatic rings. The highest BCUT2D eigenvalue weighted by Crippen LogP contribution is 2.17. The predicted octanol–water partition coefficient (Wildman–Crippen LogP) is 4.14. The van der Waals surface area contributed by atoms with E-state index < -0.39 is 18.5 Å². The van der Waals surface area contributed by atoms with Gasteiger partial charge in [0.15, 0.2) is 6.61 Å². The number of amides is 2. The Morgan fingerprint density at radius 1 is 0.812 bits per heavy atom. The van der Waals surface area contributed by atoms with E-state index in [1.54, 1.807) is 61.7 Å². The van der Waals surface area contributed by atoms with Gasteiger partial charge >= 0.3 is 5.97 Å². The van der Waals surface area contributed by atoms with Crippen LogP contribution in [-0.4, -0.2) is 31.5 Å². The van der Waals surface area contributed by atoms with Crippen molar-refractivity contribution in [3.8, 4) is 5.75 Å². The van der Waals surface area contributed by atoms with Gasteiger partial charge in [0.2, 0.25) is 0 Å². The maximum absolute atomic E-state index is 12.3. The van der Waals surface area contributed by atoms with Gasteiger partial charge in [-0.1, -0.05) is 30.3 Å². The van der Waals surface area contributed by atoms with Gasteiger partial charge in [-0.15, -0.1) is 0 Å². The number of methoxy groups -OCH3 is 1. The van der Waals surface area contributed by atoms with Gasteiger partial charge in [-0.25, -0.2) is 4.79 Å². The molecule has 32 heavy (non-hydrogen) atoms. The summed E-state index contributed by atoms with van der Waals surface area (Å²) >= 11 is 0. The molecule has 0 saturated heterocycles. The number of carbonyl (C=O) groups excluding carboxylic acids is 3. The van der Waals surface area contributed by atoms with E-state index in [9.17, 15) is 14.4 Å². The Kier molecular flexibility index (Phi) is 7.75. The molecule has 0 aromatic heterocycles. The van der Waals surface area contributed by atoms with Crippen LogP contribution < -0.4 is 15.4 Å². The van der Waals surface area contributed by atoms with Crippen molar-refractivity contribution in [1.29, 1.82) is 0 Å². The summed E-state index contributed by atoms with van der Waals surface area (Å²) in [5, 5.41) is 5.39. The van der Waals surface area contributed by atoms with E-state index in [0.717, 1.165) is 5.56 Å². The average Bonchev–Trinajstić information content (AvgIpc) is 2.83. The SMILES string of the molecule is COc1ccc(NC(=O)c2ccc(NC(=O)COC(=O)C=Cc3ccccc3)cc2)cc1. The first-order valence-corrected chi connectivity index (χ1v) is 9.79. The van der Waals surface area contributed by atoms with Gasteiger partial charge in [0.05, 0.1) is 7.11 Å². The normalized spacial score (nSPS) is 10.4. The van der Waals surface area contributed by atoms with Crippen LogP contribution in [0.4, 0.5) is 11.4 Å². The Morgan fingerprint density at radius 3 is 2.09 bits per heavy atom. The van der Waals surface area contributed by atoms with E-state index >= 15 is 0 Å². The minimum absolute atomic E-state index is 0.285. The van der Waals surface area contributed by atoms with Crippen molar-refractivity contribution >= 4 is 35.2 Å². The lowest BCUT2D eigenvalue weighted by atomic mass is 10.2. The van der Waals surface area contributed by atoms with Gasteiger partial charge < -0.3 is 20.1 Å².